The Morgan fingerprint density at radius 3 is 2.11 bits per heavy atom. The van der Waals surface area contributed by atoms with Gasteiger partial charge in [0.25, 0.3) is 5.91 Å². The fraction of sp³-hybridized carbons (Fsp3) is 0.207. The zero-order valence-corrected chi connectivity index (χ0v) is 19.4. The molecular formula is C29H28N2O4. The van der Waals surface area contributed by atoms with Gasteiger partial charge >= 0.3 is 0 Å². The lowest BCUT2D eigenvalue weighted by Crippen LogP contribution is -2.24. The van der Waals surface area contributed by atoms with Gasteiger partial charge in [0, 0.05) is 13.0 Å². The molecule has 0 fully saturated rings. The van der Waals surface area contributed by atoms with E-state index in [-0.39, 0.29) is 34.9 Å². The van der Waals surface area contributed by atoms with Crippen LogP contribution in [0.25, 0.3) is 11.5 Å². The number of Topliss-reactive ketones (excluding diaryl/α,β-unsaturated/α-hetero) is 1. The summed E-state index contributed by atoms with van der Waals surface area (Å²) >= 11 is 0. The third-order valence-electron chi connectivity index (χ3n) is 5.84. The number of amides is 1. The van der Waals surface area contributed by atoms with Crippen LogP contribution in [0.2, 0.25) is 0 Å². The molecule has 0 saturated heterocycles. The van der Waals surface area contributed by atoms with Gasteiger partial charge in [0.15, 0.2) is 5.69 Å². The number of aromatic nitrogens is 1. The minimum absolute atomic E-state index is 0.0395. The van der Waals surface area contributed by atoms with Crippen molar-refractivity contribution in [1.82, 2.24) is 10.3 Å². The van der Waals surface area contributed by atoms with Gasteiger partial charge in [-0.1, -0.05) is 79.2 Å². The van der Waals surface area contributed by atoms with E-state index in [9.17, 15) is 14.7 Å². The molecular weight excluding hydrogens is 440 g/mol. The summed E-state index contributed by atoms with van der Waals surface area (Å²) in [5.74, 6) is -0.163. The first-order valence-corrected chi connectivity index (χ1v) is 11.8. The summed E-state index contributed by atoms with van der Waals surface area (Å²) in [4.78, 5) is 29.6. The topological polar surface area (TPSA) is 92.4 Å². The maximum atomic E-state index is 13.1. The number of benzene rings is 3. The third kappa shape index (κ3) is 6.23. The Morgan fingerprint density at radius 1 is 0.829 bits per heavy atom. The van der Waals surface area contributed by atoms with Crippen molar-refractivity contribution in [3.8, 4) is 17.2 Å². The van der Waals surface area contributed by atoms with Crippen molar-refractivity contribution in [2.75, 3.05) is 6.54 Å². The second kappa shape index (κ2) is 11.8. The molecule has 1 heterocycles. The van der Waals surface area contributed by atoms with Gasteiger partial charge in [-0.15, -0.1) is 0 Å². The van der Waals surface area contributed by atoms with Crippen LogP contribution in [0.5, 0.6) is 5.75 Å². The molecule has 6 nitrogen and oxygen atoms in total. The summed E-state index contributed by atoms with van der Waals surface area (Å²) in [6, 6.07) is 26.4. The highest BCUT2D eigenvalue weighted by Gasteiger charge is 2.21. The molecule has 0 bridgehead atoms. The quantitative estimate of drug-likeness (QED) is 0.274. The van der Waals surface area contributed by atoms with Crippen molar-refractivity contribution in [2.45, 2.75) is 31.6 Å². The zero-order chi connectivity index (χ0) is 24.5. The fourth-order valence-corrected chi connectivity index (χ4v) is 4.05. The standard InChI is InChI=1S/C29H28N2O4/c32-25-17-10-9-16-23(25)29-31-24(20-35-29)28(34)30-19-11-3-8-18-26(33)27(21-12-4-1-5-13-21)22-14-6-2-7-15-22/h1-2,4-7,9-10,12-17,20,27,32H,3,8,11,18-19H2,(H,30,34). The normalized spacial score (nSPS) is 10.9. The lowest BCUT2D eigenvalue weighted by molar-refractivity contribution is -0.119. The monoisotopic (exact) mass is 468 g/mol. The maximum Gasteiger partial charge on any atom is 0.273 e. The number of phenols is 1. The lowest BCUT2D eigenvalue weighted by atomic mass is 9.86. The summed E-state index contributed by atoms with van der Waals surface area (Å²) in [6.45, 7) is 0.479. The van der Waals surface area contributed by atoms with Crippen molar-refractivity contribution >= 4 is 11.7 Å². The number of nitrogens with one attached hydrogen (secondary N) is 1. The minimum atomic E-state index is -0.334. The molecule has 1 amide bonds. The molecule has 0 radical (unpaired) electrons. The Morgan fingerprint density at radius 2 is 1.46 bits per heavy atom. The molecule has 0 aliphatic heterocycles. The molecule has 6 heteroatoms. The number of aromatic hydroxyl groups is 1. The molecule has 0 saturated carbocycles. The average Bonchev–Trinajstić information content (AvgIpc) is 3.38. The van der Waals surface area contributed by atoms with Crippen molar-refractivity contribution in [2.24, 2.45) is 0 Å². The van der Waals surface area contributed by atoms with Crippen molar-refractivity contribution in [3.63, 3.8) is 0 Å². The molecule has 35 heavy (non-hydrogen) atoms. The largest absolute Gasteiger partial charge is 0.507 e. The van der Waals surface area contributed by atoms with Crippen LogP contribution in [0.15, 0.2) is 95.6 Å². The van der Waals surface area contributed by atoms with Gasteiger partial charge in [0.2, 0.25) is 5.89 Å². The molecule has 0 aliphatic rings. The zero-order valence-electron chi connectivity index (χ0n) is 19.4. The summed E-state index contributed by atoms with van der Waals surface area (Å²) in [7, 11) is 0. The van der Waals surface area contributed by atoms with Gasteiger partial charge in [0.05, 0.1) is 11.5 Å². The van der Waals surface area contributed by atoms with E-state index in [0.717, 1.165) is 30.4 Å². The Bertz CT molecular complexity index is 1210. The molecule has 2 N–H and O–H groups in total. The van der Waals surface area contributed by atoms with Crippen LogP contribution in [0, 0.1) is 0 Å². The Hall–Kier alpha value is -4.19. The fourth-order valence-electron chi connectivity index (χ4n) is 4.05. The van der Waals surface area contributed by atoms with Gasteiger partial charge in [-0.25, -0.2) is 4.98 Å². The highest BCUT2D eigenvalue weighted by Crippen LogP contribution is 2.28. The predicted octanol–water partition coefficient (Wildman–Crippen LogP) is 5.74. The predicted molar refractivity (Wildman–Crippen MR) is 134 cm³/mol. The van der Waals surface area contributed by atoms with Crippen LogP contribution in [0.4, 0.5) is 0 Å². The summed E-state index contributed by atoms with van der Waals surface area (Å²) in [5.41, 5.74) is 2.60. The van der Waals surface area contributed by atoms with Crippen molar-refractivity contribution in [3.05, 3.63) is 108 Å². The number of hydrogen-bond acceptors (Lipinski definition) is 5. The van der Waals surface area contributed by atoms with Gasteiger partial charge in [-0.2, -0.15) is 0 Å². The van der Waals surface area contributed by atoms with Crippen LogP contribution < -0.4 is 5.32 Å². The maximum absolute atomic E-state index is 13.1. The highest BCUT2D eigenvalue weighted by atomic mass is 16.3. The highest BCUT2D eigenvalue weighted by molar-refractivity contribution is 5.92. The summed E-state index contributed by atoms with van der Waals surface area (Å²) in [6.07, 6.45) is 4.10. The lowest BCUT2D eigenvalue weighted by Gasteiger charge is -2.17. The van der Waals surface area contributed by atoms with Gasteiger partial charge in [-0.05, 0) is 36.1 Å². The van der Waals surface area contributed by atoms with E-state index in [4.69, 9.17) is 4.42 Å². The molecule has 0 unspecified atom stereocenters. The first kappa shape index (κ1) is 24.0. The molecule has 4 aromatic rings. The minimum Gasteiger partial charge on any atom is -0.507 e. The number of nitrogens with zero attached hydrogens (tertiary/aromatic N) is 1. The van der Waals surface area contributed by atoms with Crippen LogP contribution in [-0.2, 0) is 4.79 Å². The molecule has 3 aromatic carbocycles. The van der Waals surface area contributed by atoms with Crippen LogP contribution in [-0.4, -0.2) is 28.3 Å². The summed E-state index contributed by atoms with van der Waals surface area (Å²) < 4.78 is 5.35. The number of carbonyl (C=O) groups excluding carboxylic acids is 2. The Balaban J connectivity index is 1.23. The Labute approximate surface area is 204 Å². The van der Waals surface area contributed by atoms with Gasteiger partial charge in [0.1, 0.15) is 17.8 Å². The number of ketones is 1. The second-order valence-electron chi connectivity index (χ2n) is 8.34. The number of rotatable bonds is 11. The van der Waals surface area contributed by atoms with E-state index in [0.29, 0.717) is 18.5 Å². The van der Waals surface area contributed by atoms with Crippen molar-refractivity contribution < 1.29 is 19.1 Å². The van der Waals surface area contributed by atoms with E-state index in [1.165, 1.54) is 12.3 Å². The number of para-hydroxylation sites is 1. The van der Waals surface area contributed by atoms with Gasteiger partial charge < -0.3 is 14.8 Å². The first-order chi connectivity index (χ1) is 17.1. The van der Waals surface area contributed by atoms with E-state index >= 15 is 0 Å². The molecule has 0 spiro atoms. The molecule has 0 aliphatic carbocycles. The smallest absolute Gasteiger partial charge is 0.273 e. The molecule has 1 aromatic heterocycles. The molecule has 0 atom stereocenters. The van der Waals surface area contributed by atoms with Crippen molar-refractivity contribution in [1.29, 1.82) is 0 Å². The van der Waals surface area contributed by atoms with E-state index < -0.39 is 0 Å². The molecule has 4 rings (SSSR count). The number of carbonyl (C=O) groups is 2. The molecule has 178 valence electrons. The van der Waals surface area contributed by atoms with E-state index in [2.05, 4.69) is 10.3 Å². The van der Waals surface area contributed by atoms with Crippen LogP contribution >= 0.6 is 0 Å². The average molecular weight is 469 g/mol. The van der Waals surface area contributed by atoms with Gasteiger partial charge in [-0.3, -0.25) is 9.59 Å². The number of hydrogen-bond donors (Lipinski definition) is 2. The second-order valence-corrected chi connectivity index (χ2v) is 8.34. The van der Waals surface area contributed by atoms with E-state index in [1.54, 1.807) is 18.2 Å². The SMILES string of the molecule is O=C(NCCCCCC(=O)C(c1ccccc1)c1ccccc1)c1coc(-c2ccccc2O)n1. The Kier molecular flexibility index (Phi) is 8.07. The number of phenolic OH excluding ortho intramolecular Hbond substituents is 1. The summed E-state index contributed by atoms with van der Waals surface area (Å²) in [5, 5.41) is 12.7. The van der Waals surface area contributed by atoms with Crippen LogP contribution in [0.3, 0.4) is 0 Å². The van der Waals surface area contributed by atoms with E-state index in [1.807, 2.05) is 60.7 Å². The number of unbranched alkanes of at least 4 members (excludes halogenated alkanes) is 2. The number of oxazole rings is 1. The first-order valence-electron chi connectivity index (χ1n) is 11.8. The third-order valence-corrected chi connectivity index (χ3v) is 5.84. The van der Waals surface area contributed by atoms with Crippen LogP contribution in [0.1, 0.15) is 53.2 Å².